The third-order valence-corrected chi connectivity index (χ3v) is 4.97. The fourth-order valence-corrected chi connectivity index (χ4v) is 3.44. The fraction of sp³-hybridized carbons (Fsp3) is 0.444. The minimum atomic E-state index is 0.640. The van der Waals surface area contributed by atoms with Gasteiger partial charge in [0.05, 0.1) is 6.61 Å². The van der Waals surface area contributed by atoms with E-state index < -0.39 is 0 Å². The van der Waals surface area contributed by atoms with Gasteiger partial charge in [-0.05, 0) is 48.9 Å². The van der Waals surface area contributed by atoms with Crippen molar-refractivity contribution in [2.75, 3.05) is 19.7 Å². The van der Waals surface area contributed by atoms with Gasteiger partial charge < -0.3 is 10.1 Å². The molecule has 0 spiro atoms. The maximum atomic E-state index is 6.19. The molecule has 1 unspecified atom stereocenters. The summed E-state index contributed by atoms with van der Waals surface area (Å²) in [6, 6.07) is 12.6. The third-order valence-electron chi connectivity index (χ3n) is 4.07. The summed E-state index contributed by atoms with van der Waals surface area (Å²) in [5.41, 5.74) is 1.21. The van der Waals surface area contributed by atoms with Crippen LogP contribution < -0.4 is 10.1 Å². The van der Waals surface area contributed by atoms with Gasteiger partial charge in [0.25, 0.3) is 0 Å². The van der Waals surface area contributed by atoms with E-state index in [1.807, 2.05) is 0 Å². The first kappa shape index (κ1) is 14.6. The zero-order valence-corrected chi connectivity index (χ0v) is 13.4. The van der Waals surface area contributed by atoms with Crippen LogP contribution in [0.5, 0.6) is 5.75 Å². The quantitative estimate of drug-likeness (QED) is 0.779. The number of ether oxygens (including phenoxy) is 1. The molecule has 0 amide bonds. The van der Waals surface area contributed by atoms with E-state index in [-0.39, 0.29) is 0 Å². The van der Waals surface area contributed by atoms with E-state index in [0.29, 0.717) is 5.92 Å². The molecule has 1 aromatic carbocycles. The van der Waals surface area contributed by atoms with Crippen LogP contribution in [0.25, 0.3) is 10.4 Å². The number of nitrogens with one attached hydrogen (secondary N) is 1. The van der Waals surface area contributed by atoms with Crippen LogP contribution in [0.15, 0.2) is 41.8 Å². The molecule has 2 aromatic rings. The lowest BCUT2D eigenvalue weighted by atomic mass is 10.1. The molecule has 1 aliphatic rings. The maximum absolute atomic E-state index is 6.19. The highest BCUT2D eigenvalue weighted by atomic mass is 32.1. The van der Waals surface area contributed by atoms with Crippen molar-refractivity contribution in [2.24, 2.45) is 11.8 Å². The Kier molecular flexibility index (Phi) is 4.94. The molecule has 0 aliphatic heterocycles. The number of benzene rings is 1. The summed E-state index contributed by atoms with van der Waals surface area (Å²) in [6.45, 7) is 5.09. The van der Waals surface area contributed by atoms with Gasteiger partial charge in [-0.1, -0.05) is 25.1 Å². The van der Waals surface area contributed by atoms with E-state index in [1.54, 1.807) is 11.3 Å². The average molecular weight is 301 g/mol. The maximum Gasteiger partial charge on any atom is 0.127 e. The second kappa shape index (κ2) is 7.10. The van der Waals surface area contributed by atoms with E-state index in [1.165, 1.54) is 23.3 Å². The van der Waals surface area contributed by atoms with Crippen LogP contribution in [0, 0.1) is 11.8 Å². The fourth-order valence-electron chi connectivity index (χ4n) is 2.68. The van der Waals surface area contributed by atoms with E-state index in [2.05, 4.69) is 54.0 Å². The van der Waals surface area contributed by atoms with Crippen LogP contribution in [0.4, 0.5) is 0 Å². The average Bonchev–Trinajstić information content (AvgIpc) is 3.22. The molecule has 0 radical (unpaired) electrons. The van der Waals surface area contributed by atoms with Crippen LogP contribution in [-0.4, -0.2) is 19.7 Å². The summed E-state index contributed by atoms with van der Waals surface area (Å²) in [6.07, 6.45) is 2.73. The number of rotatable bonds is 8. The molecule has 21 heavy (non-hydrogen) atoms. The summed E-state index contributed by atoms with van der Waals surface area (Å²) < 4.78 is 6.19. The number of thiophene rings is 1. The van der Waals surface area contributed by atoms with Crippen molar-refractivity contribution in [3.05, 3.63) is 41.8 Å². The van der Waals surface area contributed by atoms with Gasteiger partial charge in [0.15, 0.2) is 0 Å². The van der Waals surface area contributed by atoms with E-state index in [9.17, 15) is 0 Å². The smallest absolute Gasteiger partial charge is 0.127 e. The lowest BCUT2D eigenvalue weighted by molar-refractivity contribution is 0.228. The van der Waals surface area contributed by atoms with Crippen molar-refractivity contribution in [3.63, 3.8) is 0 Å². The Morgan fingerprint density at radius 2 is 2.10 bits per heavy atom. The summed E-state index contributed by atoms with van der Waals surface area (Å²) in [7, 11) is 0. The monoisotopic (exact) mass is 301 g/mol. The molecule has 2 nitrogen and oxygen atoms in total. The predicted octanol–water partition coefficient (Wildman–Crippen LogP) is 4.43. The van der Waals surface area contributed by atoms with Crippen LogP contribution in [0.1, 0.15) is 19.8 Å². The molecule has 1 saturated carbocycles. The second-order valence-corrected chi connectivity index (χ2v) is 6.64. The first-order valence-corrected chi connectivity index (χ1v) is 8.73. The Bertz CT molecular complexity index is 548. The van der Waals surface area contributed by atoms with Crippen LogP contribution in [0.3, 0.4) is 0 Å². The molecule has 1 N–H and O–H groups in total. The topological polar surface area (TPSA) is 21.3 Å². The highest BCUT2D eigenvalue weighted by Crippen LogP contribution is 2.38. The van der Waals surface area contributed by atoms with Crippen molar-refractivity contribution < 1.29 is 4.74 Å². The molecule has 0 saturated heterocycles. The molecular formula is C18H23NOS. The van der Waals surface area contributed by atoms with Crippen molar-refractivity contribution in [1.82, 2.24) is 5.32 Å². The lowest BCUT2D eigenvalue weighted by Gasteiger charge is -2.18. The first-order valence-electron chi connectivity index (χ1n) is 7.85. The van der Waals surface area contributed by atoms with Crippen molar-refractivity contribution in [3.8, 4) is 16.2 Å². The molecule has 1 heterocycles. The molecule has 1 atom stereocenters. The van der Waals surface area contributed by atoms with Gasteiger partial charge in [0, 0.05) is 22.9 Å². The zero-order valence-electron chi connectivity index (χ0n) is 12.5. The van der Waals surface area contributed by atoms with E-state index in [0.717, 1.165) is 31.4 Å². The molecule has 1 fully saturated rings. The van der Waals surface area contributed by atoms with Gasteiger partial charge >= 0.3 is 0 Å². The predicted molar refractivity (Wildman–Crippen MR) is 90.0 cm³/mol. The van der Waals surface area contributed by atoms with Crippen molar-refractivity contribution >= 4 is 11.3 Å². The van der Waals surface area contributed by atoms with Crippen LogP contribution in [-0.2, 0) is 0 Å². The van der Waals surface area contributed by atoms with Gasteiger partial charge in [0.1, 0.15) is 5.75 Å². The lowest BCUT2D eigenvalue weighted by Crippen LogP contribution is -2.28. The summed E-state index contributed by atoms with van der Waals surface area (Å²) >= 11 is 1.76. The SMILES string of the molecule is CCNCC(COc1ccccc1-c1cccs1)C1CC1. The number of hydrogen-bond acceptors (Lipinski definition) is 3. The van der Waals surface area contributed by atoms with Crippen molar-refractivity contribution in [2.45, 2.75) is 19.8 Å². The highest BCUT2D eigenvalue weighted by molar-refractivity contribution is 7.13. The Hall–Kier alpha value is -1.32. The van der Waals surface area contributed by atoms with Gasteiger partial charge in [-0.25, -0.2) is 0 Å². The van der Waals surface area contributed by atoms with Crippen molar-refractivity contribution in [1.29, 1.82) is 0 Å². The first-order chi connectivity index (χ1) is 10.4. The molecule has 0 bridgehead atoms. The second-order valence-electron chi connectivity index (χ2n) is 5.69. The van der Waals surface area contributed by atoms with Gasteiger partial charge in [-0.2, -0.15) is 0 Å². The van der Waals surface area contributed by atoms with Gasteiger partial charge in [-0.3, -0.25) is 0 Å². The highest BCUT2D eigenvalue weighted by Gasteiger charge is 2.31. The molecule has 112 valence electrons. The Morgan fingerprint density at radius 3 is 2.81 bits per heavy atom. The van der Waals surface area contributed by atoms with Crippen LogP contribution in [0.2, 0.25) is 0 Å². The summed E-state index contributed by atoms with van der Waals surface area (Å²) in [4.78, 5) is 1.28. The number of hydrogen-bond donors (Lipinski definition) is 1. The normalized spacial score (nSPS) is 15.9. The minimum absolute atomic E-state index is 0.640. The zero-order chi connectivity index (χ0) is 14.5. The molecular weight excluding hydrogens is 278 g/mol. The van der Waals surface area contributed by atoms with Gasteiger partial charge in [-0.15, -0.1) is 11.3 Å². The Balaban J connectivity index is 1.67. The summed E-state index contributed by atoms with van der Waals surface area (Å²) in [5, 5.41) is 5.59. The van der Waals surface area contributed by atoms with E-state index in [4.69, 9.17) is 4.74 Å². The van der Waals surface area contributed by atoms with Crippen LogP contribution >= 0.6 is 11.3 Å². The minimum Gasteiger partial charge on any atom is -0.493 e. The van der Waals surface area contributed by atoms with E-state index >= 15 is 0 Å². The third kappa shape index (κ3) is 3.86. The molecule has 3 rings (SSSR count). The number of para-hydroxylation sites is 1. The molecule has 1 aromatic heterocycles. The molecule has 1 aliphatic carbocycles. The largest absolute Gasteiger partial charge is 0.493 e. The summed E-state index contributed by atoms with van der Waals surface area (Å²) in [5.74, 6) is 2.52. The Morgan fingerprint density at radius 1 is 1.24 bits per heavy atom. The van der Waals surface area contributed by atoms with Gasteiger partial charge in [0.2, 0.25) is 0 Å². The standard InChI is InChI=1S/C18H23NOS/c1-2-19-12-15(14-9-10-14)13-20-17-7-4-3-6-16(17)18-8-5-11-21-18/h3-8,11,14-15,19H,2,9-10,12-13H2,1H3. The Labute approximate surface area is 131 Å². The molecule has 3 heteroatoms.